The Bertz CT molecular complexity index is 3420. The Balaban J connectivity index is 1.21. The van der Waals surface area contributed by atoms with E-state index in [0.29, 0.717) is 11.1 Å². The van der Waals surface area contributed by atoms with Gasteiger partial charge < -0.3 is 13.7 Å². The molecule has 3 heterocycles. The predicted octanol–water partition coefficient (Wildman–Crippen LogP) is 12.4. The normalized spacial score (nSPS) is 11.6. The molecule has 0 atom stereocenters. The van der Waals surface area contributed by atoms with Crippen molar-refractivity contribution >= 4 is 65.4 Å². The molecule has 0 aliphatic rings. The smallest absolute Gasteiger partial charge is 0.0998 e. The van der Waals surface area contributed by atoms with Gasteiger partial charge in [-0.25, -0.2) is 0 Å². The highest BCUT2D eigenvalue weighted by Gasteiger charge is 2.22. The average Bonchev–Trinajstić information content (AvgIpc) is 3.89. The Morgan fingerprint density at radius 3 is 1.53 bits per heavy atom. The first kappa shape index (κ1) is 30.7. The van der Waals surface area contributed by atoms with Gasteiger partial charge in [-0.3, -0.25) is 0 Å². The van der Waals surface area contributed by atoms with E-state index in [2.05, 4.69) is 165 Å². The van der Waals surface area contributed by atoms with Crippen LogP contribution in [-0.4, -0.2) is 13.7 Å². The van der Waals surface area contributed by atoms with E-state index in [0.717, 1.165) is 77.4 Å². The summed E-state index contributed by atoms with van der Waals surface area (Å²) in [6.45, 7) is 0. The van der Waals surface area contributed by atoms with E-state index >= 15 is 0 Å². The zero-order chi connectivity index (χ0) is 36.6. The first-order valence-corrected chi connectivity index (χ1v) is 18.3. The number of nitrogens with zero attached hydrogens (tertiary/aromatic N) is 5. The molecule has 0 aliphatic carbocycles. The molecular weight excluding hydrogens is 671 g/mol. The van der Waals surface area contributed by atoms with Crippen molar-refractivity contribution in [3.05, 3.63) is 187 Å². The fourth-order valence-corrected chi connectivity index (χ4v) is 8.93. The first-order valence-electron chi connectivity index (χ1n) is 18.3. The monoisotopic (exact) mass is 699 g/mol. The second-order valence-electron chi connectivity index (χ2n) is 13.9. The minimum Gasteiger partial charge on any atom is -0.309 e. The van der Waals surface area contributed by atoms with Gasteiger partial charge in [0.1, 0.15) is 0 Å². The maximum Gasteiger partial charge on any atom is 0.0998 e. The third-order valence-corrected chi connectivity index (χ3v) is 11.1. The van der Waals surface area contributed by atoms with Gasteiger partial charge in [0.2, 0.25) is 0 Å². The molecule has 0 saturated heterocycles. The molecule has 0 spiro atoms. The van der Waals surface area contributed by atoms with E-state index in [9.17, 15) is 10.5 Å². The van der Waals surface area contributed by atoms with Gasteiger partial charge in [0.25, 0.3) is 0 Å². The largest absolute Gasteiger partial charge is 0.309 e. The number of hydrogen-bond acceptors (Lipinski definition) is 2. The Hall–Kier alpha value is -7.86. The van der Waals surface area contributed by atoms with Gasteiger partial charge in [-0.2, -0.15) is 10.5 Å². The van der Waals surface area contributed by atoms with Crippen molar-refractivity contribution in [1.29, 1.82) is 10.5 Å². The molecule has 0 bridgehead atoms. The summed E-state index contributed by atoms with van der Waals surface area (Å²) in [6, 6.07) is 65.9. The molecule has 0 unspecified atom stereocenters. The Morgan fingerprint density at radius 2 is 0.836 bits per heavy atom. The second kappa shape index (κ2) is 11.8. The number of benzene rings is 8. The van der Waals surface area contributed by atoms with Crippen molar-refractivity contribution in [3.8, 4) is 40.3 Å². The van der Waals surface area contributed by atoms with Crippen LogP contribution in [0.5, 0.6) is 0 Å². The summed E-state index contributed by atoms with van der Waals surface area (Å²) in [7, 11) is 0. The van der Waals surface area contributed by atoms with Crippen molar-refractivity contribution in [3.63, 3.8) is 0 Å². The molecule has 0 saturated carbocycles. The van der Waals surface area contributed by atoms with Gasteiger partial charge in [-0.15, -0.1) is 0 Å². The summed E-state index contributed by atoms with van der Waals surface area (Å²) in [4.78, 5) is 0. The molecule has 11 aromatic rings. The number of hydrogen-bond donors (Lipinski definition) is 0. The molecule has 5 nitrogen and oxygen atoms in total. The average molecular weight is 700 g/mol. The topological polar surface area (TPSA) is 62.4 Å². The summed E-state index contributed by atoms with van der Waals surface area (Å²) in [5.41, 5.74) is 12.3. The maximum absolute atomic E-state index is 10.7. The lowest BCUT2D eigenvalue weighted by atomic mass is 9.97. The van der Waals surface area contributed by atoms with Crippen molar-refractivity contribution in [2.24, 2.45) is 0 Å². The molecule has 8 aromatic carbocycles. The van der Waals surface area contributed by atoms with Gasteiger partial charge in [-0.05, 0) is 72.3 Å². The third-order valence-electron chi connectivity index (χ3n) is 11.1. The minimum atomic E-state index is 0.574. The maximum atomic E-state index is 10.7. The number of para-hydroxylation sites is 5. The Kier molecular flexibility index (Phi) is 6.61. The summed E-state index contributed by atoms with van der Waals surface area (Å²) >= 11 is 0. The predicted molar refractivity (Wildman–Crippen MR) is 224 cm³/mol. The molecular formula is C50H29N5. The Morgan fingerprint density at radius 1 is 0.364 bits per heavy atom. The van der Waals surface area contributed by atoms with Crippen LogP contribution in [0.2, 0.25) is 0 Å². The van der Waals surface area contributed by atoms with Crippen molar-refractivity contribution < 1.29 is 0 Å². The fourth-order valence-electron chi connectivity index (χ4n) is 8.93. The van der Waals surface area contributed by atoms with E-state index in [1.165, 1.54) is 16.2 Å². The number of rotatable bonds is 4. The molecule has 55 heavy (non-hydrogen) atoms. The van der Waals surface area contributed by atoms with Crippen LogP contribution in [0.15, 0.2) is 176 Å². The first-order chi connectivity index (χ1) is 27.2. The molecule has 0 fully saturated rings. The van der Waals surface area contributed by atoms with Crippen LogP contribution in [0.1, 0.15) is 11.1 Å². The van der Waals surface area contributed by atoms with Gasteiger partial charge in [-0.1, -0.05) is 109 Å². The minimum absolute atomic E-state index is 0.574. The summed E-state index contributed by atoms with van der Waals surface area (Å²) in [6.07, 6.45) is 0. The van der Waals surface area contributed by atoms with E-state index in [1.807, 2.05) is 36.4 Å². The highest BCUT2D eigenvalue weighted by molar-refractivity contribution is 6.15. The third kappa shape index (κ3) is 4.33. The molecule has 11 rings (SSSR count). The van der Waals surface area contributed by atoms with Crippen LogP contribution in [0.25, 0.3) is 93.6 Å². The number of fused-ring (bicyclic) bond motifs is 9. The van der Waals surface area contributed by atoms with Crippen molar-refractivity contribution in [1.82, 2.24) is 13.7 Å². The Labute approximate surface area is 316 Å². The van der Waals surface area contributed by atoms with Crippen LogP contribution < -0.4 is 0 Å². The zero-order valence-corrected chi connectivity index (χ0v) is 29.5. The quantitative estimate of drug-likeness (QED) is 0.184. The summed E-state index contributed by atoms with van der Waals surface area (Å²) in [5.74, 6) is 0. The molecule has 0 amide bonds. The van der Waals surface area contributed by atoms with E-state index in [-0.39, 0.29) is 0 Å². The molecule has 254 valence electrons. The summed E-state index contributed by atoms with van der Waals surface area (Å²) < 4.78 is 6.98. The highest BCUT2D eigenvalue weighted by Crippen LogP contribution is 2.42. The van der Waals surface area contributed by atoms with Crippen LogP contribution in [0.4, 0.5) is 0 Å². The molecule has 3 aromatic heterocycles. The van der Waals surface area contributed by atoms with Crippen LogP contribution in [0.3, 0.4) is 0 Å². The lowest BCUT2D eigenvalue weighted by Gasteiger charge is -2.18. The lowest BCUT2D eigenvalue weighted by molar-refractivity contribution is 1.13. The van der Waals surface area contributed by atoms with Crippen LogP contribution in [0, 0.1) is 22.7 Å². The van der Waals surface area contributed by atoms with E-state index in [1.54, 1.807) is 0 Å². The standard InChI is InChI=1S/C50H29N5/c51-30-33-14-10-26-45(55-44-25-8-4-20-40(44)49-34(31-52)15-11-27-46(49)55)48(33)32-13-9-16-35(29-32)53-41-22-5-3-19-38(41)39-21-12-28-47(50(39)53)54-42-23-6-1-17-36(42)37-18-2-7-24-43(37)54/h1-29H. The lowest BCUT2D eigenvalue weighted by Crippen LogP contribution is -2.02. The highest BCUT2D eigenvalue weighted by atomic mass is 15.1. The van der Waals surface area contributed by atoms with Gasteiger partial charge >= 0.3 is 0 Å². The molecule has 0 radical (unpaired) electrons. The number of nitriles is 2. The SMILES string of the molecule is N#Cc1cccc(-n2c3ccccc3c3c(C#N)cccc32)c1-c1cccc(-n2c3ccccc3c3cccc(-n4c5ccccc5c5ccccc54)c32)c1. The van der Waals surface area contributed by atoms with E-state index < -0.39 is 0 Å². The van der Waals surface area contributed by atoms with Crippen LogP contribution in [-0.2, 0) is 0 Å². The second-order valence-corrected chi connectivity index (χ2v) is 13.9. The number of aromatic nitrogens is 3. The van der Waals surface area contributed by atoms with Gasteiger partial charge in [0.05, 0.1) is 67.7 Å². The summed E-state index contributed by atoms with van der Waals surface area (Å²) in [5, 5.41) is 27.5. The van der Waals surface area contributed by atoms with Gasteiger partial charge in [0, 0.05) is 43.6 Å². The van der Waals surface area contributed by atoms with E-state index in [4.69, 9.17) is 0 Å². The zero-order valence-electron chi connectivity index (χ0n) is 29.5. The molecule has 5 heteroatoms. The fraction of sp³-hybridized carbons (Fsp3) is 0. The van der Waals surface area contributed by atoms with Crippen LogP contribution >= 0.6 is 0 Å². The molecule has 0 aliphatic heterocycles. The van der Waals surface area contributed by atoms with Crippen molar-refractivity contribution in [2.75, 3.05) is 0 Å². The molecule has 0 N–H and O–H groups in total. The van der Waals surface area contributed by atoms with Gasteiger partial charge in [0.15, 0.2) is 0 Å². The van der Waals surface area contributed by atoms with Crippen molar-refractivity contribution in [2.45, 2.75) is 0 Å².